The number of hydrogen-bond acceptors (Lipinski definition) is 1. The minimum atomic E-state index is -0.724. The Labute approximate surface area is 105 Å². The summed E-state index contributed by atoms with van der Waals surface area (Å²) >= 11 is 0. The second-order valence-corrected chi connectivity index (χ2v) is 6.14. The van der Waals surface area contributed by atoms with E-state index >= 15 is 0 Å². The zero-order valence-electron chi connectivity index (χ0n) is 11.2. The minimum Gasteiger partial charge on any atom is -0.386 e. The Morgan fingerprint density at radius 3 is 2.35 bits per heavy atom. The third-order valence-corrected chi connectivity index (χ3v) is 4.08. The molecule has 1 heteroatoms. The van der Waals surface area contributed by atoms with Crippen LogP contribution in [0.15, 0.2) is 24.3 Å². The van der Waals surface area contributed by atoms with Crippen molar-refractivity contribution in [2.75, 3.05) is 0 Å². The van der Waals surface area contributed by atoms with E-state index in [0.717, 1.165) is 11.5 Å². The summed E-state index contributed by atoms with van der Waals surface area (Å²) in [6, 6.07) is 8.52. The van der Waals surface area contributed by atoms with Gasteiger partial charge in [-0.05, 0) is 49.7 Å². The molecule has 0 aromatic heterocycles. The van der Waals surface area contributed by atoms with E-state index in [1.54, 1.807) is 0 Å². The number of aliphatic hydroxyl groups is 1. The standard InChI is InChI=1S/C16H24O/c1-12-7-9-13(10-8-12)14-5-4-6-15(11-14)16(2,3)17/h4-6,11-13,17H,7-10H2,1-3H3. The normalized spacial score (nSPS) is 25.9. The molecule has 0 heterocycles. The SMILES string of the molecule is CC1CCC(c2cccc(C(C)(C)O)c2)CC1. The summed E-state index contributed by atoms with van der Waals surface area (Å²) in [7, 11) is 0. The molecule has 0 spiro atoms. The fourth-order valence-electron chi connectivity index (χ4n) is 2.77. The minimum absolute atomic E-state index is 0.702. The van der Waals surface area contributed by atoms with Crippen LogP contribution in [0.5, 0.6) is 0 Å². The zero-order chi connectivity index (χ0) is 12.5. The van der Waals surface area contributed by atoms with E-state index in [0.29, 0.717) is 5.92 Å². The van der Waals surface area contributed by atoms with E-state index in [2.05, 4.69) is 25.1 Å². The molecule has 0 aliphatic heterocycles. The third-order valence-electron chi connectivity index (χ3n) is 4.08. The average Bonchev–Trinajstić information content (AvgIpc) is 2.29. The first-order valence-electron chi connectivity index (χ1n) is 6.79. The van der Waals surface area contributed by atoms with Gasteiger partial charge in [0, 0.05) is 0 Å². The first-order valence-corrected chi connectivity index (χ1v) is 6.79. The van der Waals surface area contributed by atoms with Crippen LogP contribution in [0.25, 0.3) is 0 Å². The van der Waals surface area contributed by atoms with Crippen molar-refractivity contribution in [3.63, 3.8) is 0 Å². The van der Waals surface area contributed by atoms with E-state index < -0.39 is 5.60 Å². The van der Waals surface area contributed by atoms with Crippen molar-refractivity contribution in [3.05, 3.63) is 35.4 Å². The Morgan fingerprint density at radius 1 is 1.12 bits per heavy atom. The summed E-state index contributed by atoms with van der Waals surface area (Å²) in [4.78, 5) is 0. The molecule has 0 atom stereocenters. The lowest BCUT2D eigenvalue weighted by atomic mass is 9.78. The van der Waals surface area contributed by atoms with Crippen LogP contribution in [0, 0.1) is 5.92 Å². The number of rotatable bonds is 2. The monoisotopic (exact) mass is 232 g/mol. The van der Waals surface area contributed by atoms with Crippen molar-refractivity contribution >= 4 is 0 Å². The molecule has 17 heavy (non-hydrogen) atoms. The molecule has 0 unspecified atom stereocenters. The highest BCUT2D eigenvalue weighted by atomic mass is 16.3. The molecule has 1 aromatic carbocycles. The zero-order valence-corrected chi connectivity index (χ0v) is 11.2. The van der Waals surface area contributed by atoms with Gasteiger partial charge in [0.05, 0.1) is 5.60 Å². The maximum Gasteiger partial charge on any atom is 0.0840 e. The molecule has 0 bridgehead atoms. The molecule has 1 fully saturated rings. The molecule has 1 aromatic rings. The number of benzene rings is 1. The molecule has 0 radical (unpaired) electrons. The molecule has 2 rings (SSSR count). The molecule has 1 aliphatic carbocycles. The maximum absolute atomic E-state index is 10.1. The topological polar surface area (TPSA) is 20.2 Å². The van der Waals surface area contributed by atoms with Crippen molar-refractivity contribution in [2.45, 2.75) is 58.0 Å². The van der Waals surface area contributed by atoms with Crippen LogP contribution in [-0.2, 0) is 5.60 Å². The quantitative estimate of drug-likeness (QED) is 0.810. The summed E-state index contributed by atoms with van der Waals surface area (Å²) < 4.78 is 0. The Hall–Kier alpha value is -0.820. The van der Waals surface area contributed by atoms with Crippen molar-refractivity contribution in [1.29, 1.82) is 0 Å². The largest absolute Gasteiger partial charge is 0.386 e. The second kappa shape index (κ2) is 4.81. The van der Waals surface area contributed by atoms with Gasteiger partial charge in [-0.2, -0.15) is 0 Å². The first-order chi connectivity index (χ1) is 7.97. The Kier molecular flexibility index (Phi) is 3.58. The molecule has 1 nitrogen and oxygen atoms in total. The van der Waals surface area contributed by atoms with E-state index in [9.17, 15) is 5.11 Å². The lowest BCUT2D eigenvalue weighted by Crippen LogP contribution is -2.17. The van der Waals surface area contributed by atoms with Gasteiger partial charge < -0.3 is 5.11 Å². The van der Waals surface area contributed by atoms with Crippen LogP contribution in [-0.4, -0.2) is 5.11 Å². The van der Waals surface area contributed by atoms with E-state index in [4.69, 9.17) is 0 Å². The summed E-state index contributed by atoms with van der Waals surface area (Å²) in [5.41, 5.74) is 1.72. The molecular weight excluding hydrogens is 208 g/mol. The molecule has 1 aliphatic rings. The first kappa shape index (κ1) is 12.6. The van der Waals surface area contributed by atoms with Crippen molar-refractivity contribution < 1.29 is 5.11 Å². The van der Waals surface area contributed by atoms with Gasteiger partial charge in [0.1, 0.15) is 0 Å². The Bertz CT molecular complexity index is 367. The smallest absolute Gasteiger partial charge is 0.0840 e. The van der Waals surface area contributed by atoms with Crippen LogP contribution >= 0.6 is 0 Å². The maximum atomic E-state index is 10.1. The van der Waals surface area contributed by atoms with Crippen molar-refractivity contribution in [2.24, 2.45) is 5.92 Å². The van der Waals surface area contributed by atoms with E-state index in [1.807, 2.05) is 19.9 Å². The van der Waals surface area contributed by atoms with Gasteiger partial charge in [0.25, 0.3) is 0 Å². The molecule has 1 N–H and O–H groups in total. The lowest BCUT2D eigenvalue weighted by molar-refractivity contribution is 0.0784. The van der Waals surface area contributed by atoms with Gasteiger partial charge in [-0.1, -0.05) is 44.0 Å². The molecule has 1 saturated carbocycles. The van der Waals surface area contributed by atoms with Crippen LogP contribution in [0.3, 0.4) is 0 Å². The highest BCUT2D eigenvalue weighted by Gasteiger charge is 2.22. The summed E-state index contributed by atoms with van der Waals surface area (Å²) in [5.74, 6) is 1.59. The summed E-state index contributed by atoms with van der Waals surface area (Å²) in [6.07, 6.45) is 5.29. The third kappa shape index (κ3) is 3.10. The van der Waals surface area contributed by atoms with Gasteiger partial charge in [0.15, 0.2) is 0 Å². The predicted octanol–water partition coefficient (Wildman–Crippen LogP) is 4.21. The van der Waals surface area contributed by atoms with E-state index in [1.165, 1.54) is 31.2 Å². The van der Waals surface area contributed by atoms with E-state index in [-0.39, 0.29) is 0 Å². The summed E-state index contributed by atoms with van der Waals surface area (Å²) in [6.45, 7) is 6.06. The van der Waals surface area contributed by atoms with Crippen molar-refractivity contribution in [1.82, 2.24) is 0 Å². The van der Waals surface area contributed by atoms with Gasteiger partial charge in [-0.25, -0.2) is 0 Å². The Balaban J connectivity index is 2.16. The van der Waals surface area contributed by atoms with Crippen LogP contribution in [0.2, 0.25) is 0 Å². The Morgan fingerprint density at radius 2 is 1.76 bits per heavy atom. The molecule has 0 amide bonds. The van der Waals surface area contributed by atoms with Gasteiger partial charge in [-0.15, -0.1) is 0 Å². The number of hydrogen-bond donors (Lipinski definition) is 1. The van der Waals surface area contributed by atoms with Gasteiger partial charge in [-0.3, -0.25) is 0 Å². The fourth-order valence-corrected chi connectivity index (χ4v) is 2.77. The highest BCUT2D eigenvalue weighted by molar-refractivity contribution is 5.29. The predicted molar refractivity (Wildman–Crippen MR) is 72.1 cm³/mol. The van der Waals surface area contributed by atoms with Crippen LogP contribution < -0.4 is 0 Å². The highest BCUT2D eigenvalue weighted by Crippen LogP contribution is 2.36. The van der Waals surface area contributed by atoms with Crippen molar-refractivity contribution in [3.8, 4) is 0 Å². The molecule has 0 saturated heterocycles. The molecule has 94 valence electrons. The molecular formula is C16H24O. The van der Waals surface area contributed by atoms with Gasteiger partial charge >= 0.3 is 0 Å². The summed E-state index contributed by atoms with van der Waals surface area (Å²) in [5, 5.41) is 10.1. The van der Waals surface area contributed by atoms with Crippen LogP contribution in [0.1, 0.15) is 63.5 Å². The van der Waals surface area contributed by atoms with Crippen LogP contribution in [0.4, 0.5) is 0 Å². The second-order valence-electron chi connectivity index (χ2n) is 6.14. The average molecular weight is 232 g/mol. The fraction of sp³-hybridized carbons (Fsp3) is 0.625. The lowest BCUT2D eigenvalue weighted by Gasteiger charge is -2.27. The van der Waals surface area contributed by atoms with Gasteiger partial charge in [0.2, 0.25) is 0 Å².